The van der Waals surface area contributed by atoms with E-state index in [1.165, 1.54) is 12.4 Å². The first-order valence-corrected chi connectivity index (χ1v) is 19.0. The van der Waals surface area contributed by atoms with Crippen LogP contribution in [0.2, 0.25) is 0 Å². The average Bonchev–Trinajstić information content (AvgIpc) is 3.24. The molecule has 4 N–H and O–H groups in total. The molecule has 0 atom stereocenters. The summed E-state index contributed by atoms with van der Waals surface area (Å²) >= 11 is 0. The number of hydrogen-bond donors (Lipinski definition) is 3. The highest BCUT2D eigenvalue weighted by molar-refractivity contribution is 6.08. The molecular weight excluding hydrogens is 729 g/mol. The highest BCUT2D eigenvalue weighted by Crippen LogP contribution is 2.32. The van der Waals surface area contributed by atoms with Gasteiger partial charge in [0.25, 0.3) is 17.7 Å². The van der Waals surface area contributed by atoms with Gasteiger partial charge in [-0.15, -0.1) is 0 Å². The summed E-state index contributed by atoms with van der Waals surface area (Å²) in [4.78, 5) is 65.1. The minimum absolute atomic E-state index is 0.188. The summed E-state index contributed by atoms with van der Waals surface area (Å²) in [5.41, 5.74) is 9.63. The van der Waals surface area contributed by atoms with Gasteiger partial charge in [0.15, 0.2) is 0 Å². The lowest BCUT2D eigenvalue weighted by Crippen LogP contribution is -2.36. The molecule has 0 aliphatic heterocycles. The Morgan fingerprint density at radius 2 is 1.40 bits per heavy atom. The van der Waals surface area contributed by atoms with Crippen LogP contribution in [0.4, 0.5) is 11.4 Å². The molecule has 4 amide bonds. The largest absolute Gasteiger partial charge is 0.378 e. The van der Waals surface area contributed by atoms with Gasteiger partial charge in [0, 0.05) is 92.8 Å². The number of ether oxygens (including phenoxy) is 3. The van der Waals surface area contributed by atoms with Gasteiger partial charge in [-0.2, -0.15) is 0 Å². The van der Waals surface area contributed by atoms with Crippen LogP contribution in [0.25, 0.3) is 11.3 Å². The van der Waals surface area contributed by atoms with Gasteiger partial charge < -0.3 is 45.3 Å². The second kappa shape index (κ2) is 23.4. The number of nitrogens with zero attached hydrogens (tertiary/aromatic N) is 5. The van der Waals surface area contributed by atoms with E-state index in [-0.39, 0.29) is 11.8 Å². The number of anilines is 2. The zero-order chi connectivity index (χ0) is 41.0. The number of pyridine rings is 2. The van der Waals surface area contributed by atoms with E-state index in [1.807, 2.05) is 25.2 Å². The molecule has 0 fully saturated rings. The molecule has 0 bridgehead atoms. The number of carbonyl (C=O) groups is 4. The van der Waals surface area contributed by atoms with Gasteiger partial charge in [0.2, 0.25) is 5.91 Å². The maximum atomic E-state index is 13.6. The molecule has 0 radical (unpaired) electrons. The van der Waals surface area contributed by atoms with Crippen LogP contribution in [0.5, 0.6) is 0 Å². The van der Waals surface area contributed by atoms with Crippen LogP contribution in [0, 0.1) is 0 Å². The minimum atomic E-state index is -0.576. The van der Waals surface area contributed by atoms with Crippen LogP contribution in [-0.2, 0) is 14.2 Å². The van der Waals surface area contributed by atoms with Gasteiger partial charge in [-0.1, -0.05) is 6.07 Å². The molecule has 15 heteroatoms. The maximum Gasteiger partial charge on any atom is 0.255 e. The zero-order valence-electron chi connectivity index (χ0n) is 33.2. The Kier molecular flexibility index (Phi) is 18.0. The van der Waals surface area contributed by atoms with Crippen molar-refractivity contribution in [3.05, 3.63) is 108 Å². The van der Waals surface area contributed by atoms with Crippen LogP contribution in [0.3, 0.4) is 0 Å². The van der Waals surface area contributed by atoms with E-state index in [4.69, 9.17) is 19.9 Å². The summed E-state index contributed by atoms with van der Waals surface area (Å²) in [7, 11) is 3.69. The van der Waals surface area contributed by atoms with Gasteiger partial charge in [0.05, 0.1) is 56.6 Å². The first kappa shape index (κ1) is 44.0. The Hall–Kier alpha value is -5.74. The van der Waals surface area contributed by atoms with Gasteiger partial charge in [-0.3, -0.25) is 29.1 Å². The molecule has 0 spiro atoms. The number of likely N-dealkylation sites (N-methyl/N-ethyl adjacent to an activating group) is 2. The van der Waals surface area contributed by atoms with E-state index < -0.39 is 11.8 Å². The predicted molar refractivity (Wildman–Crippen MR) is 220 cm³/mol. The molecule has 15 nitrogen and oxygen atoms in total. The lowest BCUT2D eigenvalue weighted by molar-refractivity contribution is 0.0119. The number of benzene rings is 2. The van der Waals surface area contributed by atoms with E-state index in [9.17, 15) is 19.2 Å². The number of primary amides is 1. The standard InChI is InChI=1S/C42H54N8O7/c1-5-50(6-2)35-12-13-37(36(29-35)38-28-31(39(43)51)14-16-45-38)47-41(53)32-9-7-10-33(27-32)42(54)49(4)19-18-48(3)20-22-56-24-26-57-25-23-55-21-17-46-40(52)34-11-8-15-44-30-34/h7-16,27-30H,5-6,17-26H2,1-4H3,(H2,43,51)(H,46,52)(H,47,53). The third-order valence-corrected chi connectivity index (χ3v) is 9.05. The fourth-order valence-corrected chi connectivity index (χ4v) is 5.71. The van der Waals surface area contributed by atoms with Crippen molar-refractivity contribution < 1.29 is 33.4 Å². The Labute approximate surface area is 334 Å². The van der Waals surface area contributed by atoms with Crippen molar-refractivity contribution in [3.8, 4) is 11.3 Å². The van der Waals surface area contributed by atoms with E-state index in [0.717, 1.165) is 18.8 Å². The number of hydrogen-bond acceptors (Lipinski definition) is 11. The number of aromatic nitrogens is 2. The molecule has 2 aromatic heterocycles. The summed E-state index contributed by atoms with van der Waals surface area (Å²) in [5.74, 6) is -1.37. The lowest BCUT2D eigenvalue weighted by atomic mass is 10.0. The fourth-order valence-electron chi connectivity index (χ4n) is 5.71. The Morgan fingerprint density at radius 1 is 0.702 bits per heavy atom. The van der Waals surface area contributed by atoms with Crippen LogP contribution >= 0.6 is 0 Å². The molecule has 57 heavy (non-hydrogen) atoms. The Balaban J connectivity index is 1.17. The third kappa shape index (κ3) is 14.1. The van der Waals surface area contributed by atoms with Gasteiger partial charge in [-0.05, 0) is 81.6 Å². The molecule has 0 aliphatic carbocycles. The minimum Gasteiger partial charge on any atom is -0.378 e. The number of nitrogens with one attached hydrogen (secondary N) is 2. The summed E-state index contributed by atoms with van der Waals surface area (Å²) in [6.07, 6.45) is 4.64. The van der Waals surface area contributed by atoms with Gasteiger partial charge in [0.1, 0.15) is 0 Å². The molecule has 0 aliphatic rings. The smallest absolute Gasteiger partial charge is 0.255 e. The van der Waals surface area contributed by atoms with Crippen LogP contribution in [-0.4, -0.2) is 136 Å². The molecule has 2 aromatic carbocycles. The SMILES string of the molecule is CCN(CC)c1ccc(NC(=O)c2cccc(C(=O)N(C)CCN(C)CCOCCOCCOCCNC(=O)c3cccnc3)c2)c(-c2cc(C(N)=O)ccn2)c1. The first-order valence-electron chi connectivity index (χ1n) is 19.0. The molecule has 2 heterocycles. The Bertz CT molecular complexity index is 1910. The monoisotopic (exact) mass is 782 g/mol. The summed E-state index contributed by atoms with van der Waals surface area (Å²) in [5, 5.41) is 5.76. The van der Waals surface area contributed by atoms with E-state index in [1.54, 1.807) is 66.7 Å². The quantitative estimate of drug-likeness (QED) is 0.0880. The molecule has 4 aromatic rings. The highest BCUT2D eigenvalue weighted by Gasteiger charge is 2.18. The van der Waals surface area contributed by atoms with Crippen molar-refractivity contribution in [2.24, 2.45) is 5.73 Å². The van der Waals surface area contributed by atoms with E-state index >= 15 is 0 Å². The second-order valence-electron chi connectivity index (χ2n) is 13.1. The van der Waals surface area contributed by atoms with Crippen LogP contribution < -0.4 is 21.3 Å². The molecule has 0 unspecified atom stereocenters. The van der Waals surface area contributed by atoms with Crippen molar-refractivity contribution in [3.63, 3.8) is 0 Å². The molecule has 304 valence electrons. The van der Waals surface area contributed by atoms with Crippen molar-refractivity contribution in [1.29, 1.82) is 0 Å². The predicted octanol–water partition coefficient (Wildman–Crippen LogP) is 3.82. The number of amides is 4. The van der Waals surface area contributed by atoms with Crippen molar-refractivity contribution in [1.82, 2.24) is 25.1 Å². The second-order valence-corrected chi connectivity index (χ2v) is 13.1. The average molecular weight is 783 g/mol. The van der Waals surface area contributed by atoms with Crippen LogP contribution in [0.15, 0.2) is 85.3 Å². The van der Waals surface area contributed by atoms with Gasteiger partial charge >= 0.3 is 0 Å². The normalized spacial score (nSPS) is 11.0. The number of carbonyl (C=O) groups excluding carboxylic acids is 4. The number of rotatable bonds is 24. The van der Waals surface area contributed by atoms with Crippen molar-refractivity contribution in [2.45, 2.75) is 13.8 Å². The summed E-state index contributed by atoms with van der Waals surface area (Å²) in [6.45, 7) is 10.5. The zero-order valence-corrected chi connectivity index (χ0v) is 33.2. The van der Waals surface area contributed by atoms with Crippen molar-refractivity contribution >= 4 is 35.0 Å². The lowest BCUT2D eigenvalue weighted by Gasteiger charge is -2.23. The molecule has 0 saturated heterocycles. The maximum absolute atomic E-state index is 13.6. The molecule has 0 saturated carbocycles. The van der Waals surface area contributed by atoms with E-state index in [0.29, 0.717) is 105 Å². The topological polar surface area (TPSA) is 182 Å². The van der Waals surface area contributed by atoms with Crippen LogP contribution in [0.1, 0.15) is 55.3 Å². The Morgan fingerprint density at radius 3 is 2.11 bits per heavy atom. The van der Waals surface area contributed by atoms with E-state index in [2.05, 4.69) is 44.2 Å². The molecular formula is C42H54N8O7. The third-order valence-electron chi connectivity index (χ3n) is 9.05. The van der Waals surface area contributed by atoms with Gasteiger partial charge in [-0.25, -0.2) is 0 Å². The summed E-state index contributed by atoms with van der Waals surface area (Å²) in [6, 6.07) is 18.9. The fraction of sp³-hybridized carbons (Fsp3) is 0.381. The first-order chi connectivity index (χ1) is 27.6. The summed E-state index contributed by atoms with van der Waals surface area (Å²) < 4.78 is 16.7. The number of nitrogens with two attached hydrogens (primary N) is 1. The molecule has 4 rings (SSSR count). The van der Waals surface area contributed by atoms with Crippen molar-refractivity contribution in [2.75, 3.05) is 103 Å². The highest BCUT2D eigenvalue weighted by atomic mass is 16.5.